The number of rotatable bonds is 5. The lowest BCUT2D eigenvalue weighted by Crippen LogP contribution is -2.43. The number of piperidine rings is 1. The molecule has 1 N–H and O–H groups in total. The van der Waals surface area contributed by atoms with Gasteiger partial charge in [0.25, 0.3) is 0 Å². The van der Waals surface area contributed by atoms with E-state index in [1.807, 2.05) is 0 Å². The molecule has 1 aliphatic carbocycles. The topological polar surface area (TPSA) is 71.3 Å². The van der Waals surface area contributed by atoms with Gasteiger partial charge in [0.1, 0.15) is 0 Å². The molecule has 2 heterocycles. The molecule has 0 spiro atoms. The van der Waals surface area contributed by atoms with Gasteiger partial charge in [-0.25, -0.2) is 4.98 Å². The second-order valence-corrected chi connectivity index (χ2v) is 6.17. The van der Waals surface area contributed by atoms with Gasteiger partial charge in [-0.2, -0.15) is 0 Å². The van der Waals surface area contributed by atoms with Gasteiger partial charge < -0.3 is 10.2 Å². The minimum Gasteiger partial charge on any atom is -0.351 e. The summed E-state index contributed by atoms with van der Waals surface area (Å²) in [5.74, 6) is 1.42. The van der Waals surface area contributed by atoms with Crippen LogP contribution in [0.25, 0.3) is 0 Å². The standard InChI is InChI=1S/C15H22N4O2/c1-11-4-7-16-15(14(11)19(20)21)18-8-5-13(6-9-18)17-10-12-2-3-12/h4,7,12-13,17H,2-3,5-6,8-10H2,1H3. The third kappa shape index (κ3) is 3.32. The van der Waals surface area contributed by atoms with Crippen molar-refractivity contribution in [1.29, 1.82) is 0 Å². The highest BCUT2D eigenvalue weighted by Crippen LogP contribution is 2.31. The largest absolute Gasteiger partial charge is 0.351 e. The van der Waals surface area contributed by atoms with Gasteiger partial charge in [0, 0.05) is 30.9 Å². The van der Waals surface area contributed by atoms with Crippen LogP contribution in [0.15, 0.2) is 12.3 Å². The molecule has 2 fully saturated rings. The maximum Gasteiger partial charge on any atom is 0.314 e. The zero-order valence-corrected chi connectivity index (χ0v) is 12.4. The van der Waals surface area contributed by atoms with Crippen LogP contribution in [-0.2, 0) is 0 Å². The summed E-state index contributed by atoms with van der Waals surface area (Å²) in [7, 11) is 0. The van der Waals surface area contributed by atoms with Crippen molar-refractivity contribution >= 4 is 11.5 Å². The second kappa shape index (κ2) is 5.97. The van der Waals surface area contributed by atoms with E-state index in [-0.39, 0.29) is 10.6 Å². The number of pyridine rings is 1. The minimum atomic E-state index is -0.310. The summed E-state index contributed by atoms with van der Waals surface area (Å²) in [5, 5.41) is 14.9. The number of nitro groups is 1. The Kier molecular flexibility index (Phi) is 4.05. The van der Waals surface area contributed by atoms with Gasteiger partial charge in [-0.3, -0.25) is 10.1 Å². The van der Waals surface area contributed by atoms with Crippen molar-refractivity contribution in [3.8, 4) is 0 Å². The zero-order chi connectivity index (χ0) is 14.8. The van der Waals surface area contributed by atoms with E-state index in [4.69, 9.17) is 0 Å². The molecule has 1 aromatic rings. The number of anilines is 1. The number of nitrogens with one attached hydrogen (secondary N) is 1. The molecule has 0 aromatic carbocycles. The molecule has 3 rings (SSSR count). The van der Waals surface area contributed by atoms with Crippen molar-refractivity contribution in [3.63, 3.8) is 0 Å². The molecule has 0 bridgehead atoms. The Labute approximate surface area is 124 Å². The first-order valence-corrected chi connectivity index (χ1v) is 7.73. The molecule has 6 nitrogen and oxygen atoms in total. The molecule has 1 saturated heterocycles. The van der Waals surface area contributed by atoms with Gasteiger partial charge in [0.05, 0.1) is 4.92 Å². The summed E-state index contributed by atoms with van der Waals surface area (Å²) in [5.41, 5.74) is 0.834. The van der Waals surface area contributed by atoms with Gasteiger partial charge >= 0.3 is 5.69 Å². The Morgan fingerprint density at radius 1 is 1.38 bits per heavy atom. The Balaban J connectivity index is 1.63. The SMILES string of the molecule is Cc1ccnc(N2CCC(NCC3CC3)CC2)c1[N+](=O)[O-]. The molecule has 0 unspecified atom stereocenters. The van der Waals surface area contributed by atoms with E-state index in [0.29, 0.717) is 17.4 Å². The fourth-order valence-electron chi connectivity index (χ4n) is 2.94. The van der Waals surface area contributed by atoms with Crippen LogP contribution in [-0.4, -0.2) is 35.6 Å². The average Bonchev–Trinajstić information content (AvgIpc) is 3.29. The number of aromatic nitrogens is 1. The molecule has 0 amide bonds. The van der Waals surface area contributed by atoms with E-state index in [1.54, 1.807) is 19.2 Å². The van der Waals surface area contributed by atoms with Crippen LogP contribution in [0.1, 0.15) is 31.2 Å². The molecular formula is C15H22N4O2. The van der Waals surface area contributed by atoms with Crippen LogP contribution in [0.2, 0.25) is 0 Å². The summed E-state index contributed by atoms with van der Waals surface area (Å²) in [6.45, 7) is 4.57. The van der Waals surface area contributed by atoms with Crippen molar-refractivity contribution < 1.29 is 4.92 Å². The first kappa shape index (κ1) is 14.3. The number of hydrogen-bond acceptors (Lipinski definition) is 5. The van der Waals surface area contributed by atoms with Crippen molar-refractivity contribution in [2.24, 2.45) is 5.92 Å². The minimum absolute atomic E-state index is 0.155. The van der Waals surface area contributed by atoms with E-state index < -0.39 is 0 Å². The van der Waals surface area contributed by atoms with E-state index in [9.17, 15) is 10.1 Å². The molecule has 1 aromatic heterocycles. The van der Waals surface area contributed by atoms with Gasteiger partial charge in [0.15, 0.2) is 0 Å². The lowest BCUT2D eigenvalue weighted by Gasteiger charge is -2.33. The first-order chi connectivity index (χ1) is 10.1. The lowest BCUT2D eigenvalue weighted by atomic mass is 10.0. The summed E-state index contributed by atoms with van der Waals surface area (Å²) < 4.78 is 0. The number of nitrogens with zero attached hydrogens (tertiary/aromatic N) is 3. The predicted molar refractivity (Wildman–Crippen MR) is 81.6 cm³/mol. The van der Waals surface area contributed by atoms with Crippen molar-refractivity contribution in [1.82, 2.24) is 10.3 Å². The highest BCUT2D eigenvalue weighted by Gasteiger charge is 2.28. The molecule has 0 atom stereocenters. The first-order valence-electron chi connectivity index (χ1n) is 7.73. The Bertz CT molecular complexity index is 522. The smallest absolute Gasteiger partial charge is 0.314 e. The normalized spacial score (nSPS) is 19.8. The summed E-state index contributed by atoms with van der Waals surface area (Å²) in [6.07, 6.45) is 6.45. The molecule has 0 radical (unpaired) electrons. The molecular weight excluding hydrogens is 268 g/mol. The molecule has 1 saturated carbocycles. The van der Waals surface area contributed by atoms with Crippen LogP contribution >= 0.6 is 0 Å². The molecule has 114 valence electrons. The van der Waals surface area contributed by atoms with Gasteiger partial charge in [-0.05, 0) is 51.1 Å². The van der Waals surface area contributed by atoms with E-state index in [2.05, 4.69) is 15.2 Å². The van der Waals surface area contributed by atoms with E-state index in [0.717, 1.165) is 38.4 Å². The third-order valence-corrected chi connectivity index (χ3v) is 4.48. The van der Waals surface area contributed by atoms with Crippen molar-refractivity contribution in [2.45, 2.75) is 38.6 Å². The van der Waals surface area contributed by atoms with Crippen LogP contribution < -0.4 is 10.2 Å². The summed E-state index contributed by atoms with van der Waals surface area (Å²) in [6, 6.07) is 2.25. The Morgan fingerprint density at radius 3 is 2.71 bits per heavy atom. The van der Waals surface area contributed by atoms with E-state index >= 15 is 0 Å². The second-order valence-electron chi connectivity index (χ2n) is 6.17. The quantitative estimate of drug-likeness (QED) is 0.665. The van der Waals surface area contributed by atoms with Crippen molar-refractivity contribution in [2.75, 3.05) is 24.5 Å². The van der Waals surface area contributed by atoms with Gasteiger partial charge in [-0.15, -0.1) is 0 Å². The number of aryl methyl sites for hydroxylation is 1. The molecule has 6 heteroatoms. The third-order valence-electron chi connectivity index (χ3n) is 4.48. The van der Waals surface area contributed by atoms with Gasteiger partial charge in [-0.1, -0.05) is 0 Å². The monoisotopic (exact) mass is 290 g/mol. The summed E-state index contributed by atoms with van der Waals surface area (Å²) in [4.78, 5) is 17.3. The maximum absolute atomic E-state index is 11.3. The Hall–Kier alpha value is -1.69. The van der Waals surface area contributed by atoms with Crippen LogP contribution in [0, 0.1) is 23.0 Å². The molecule has 1 aliphatic heterocycles. The van der Waals surface area contributed by atoms with E-state index in [1.165, 1.54) is 12.8 Å². The average molecular weight is 290 g/mol. The van der Waals surface area contributed by atoms with Crippen LogP contribution in [0.3, 0.4) is 0 Å². The van der Waals surface area contributed by atoms with Gasteiger partial charge in [0.2, 0.25) is 5.82 Å². The maximum atomic E-state index is 11.3. The predicted octanol–water partition coefficient (Wildman–Crippen LogP) is 2.27. The lowest BCUT2D eigenvalue weighted by molar-refractivity contribution is -0.384. The summed E-state index contributed by atoms with van der Waals surface area (Å²) >= 11 is 0. The zero-order valence-electron chi connectivity index (χ0n) is 12.4. The number of hydrogen-bond donors (Lipinski definition) is 1. The Morgan fingerprint density at radius 2 is 2.10 bits per heavy atom. The fraction of sp³-hybridized carbons (Fsp3) is 0.667. The van der Waals surface area contributed by atoms with Crippen LogP contribution in [0.4, 0.5) is 11.5 Å². The fourth-order valence-corrected chi connectivity index (χ4v) is 2.94. The van der Waals surface area contributed by atoms with Crippen molar-refractivity contribution in [3.05, 3.63) is 27.9 Å². The molecule has 2 aliphatic rings. The van der Waals surface area contributed by atoms with Crippen LogP contribution in [0.5, 0.6) is 0 Å². The highest BCUT2D eigenvalue weighted by atomic mass is 16.6. The molecule has 21 heavy (non-hydrogen) atoms. The highest BCUT2D eigenvalue weighted by molar-refractivity contribution is 5.61.